The van der Waals surface area contributed by atoms with E-state index in [0.717, 1.165) is 48.2 Å². The second kappa shape index (κ2) is 9.95. The third kappa shape index (κ3) is 4.95. The van der Waals surface area contributed by atoms with Crippen LogP contribution in [0.2, 0.25) is 5.02 Å². The number of benzene rings is 3. The smallest absolute Gasteiger partial charge is 0.281 e. The van der Waals surface area contributed by atoms with Crippen molar-refractivity contribution in [2.45, 2.75) is 31.3 Å². The Morgan fingerprint density at radius 2 is 1.76 bits per heavy atom. The van der Waals surface area contributed by atoms with Gasteiger partial charge in [-0.25, -0.2) is 26.3 Å². The molecule has 3 aromatic carbocycles. The molecule has 1 heterocycles. The number of carbonyl (C=O) groups is 2. The van der Waals surface area contributed by atoms with Crippen LogP contribution in [0.15, 0.2) is 54.6 Å². The number of nitrogens with one attached hydrogen (secondary N) is 1. The van der Waals surface area contributed by atoms with E-state index in [2.05, 4.69) is 5.32 Å². The van der Waals surface area contributed by atoms with E-state index in [1.165, 1.54) is 12.1 Å². The van der Waals surface area contributed by atoms with Crippen molar-refractivity contribution < 1.29 is 41.0 Å². The SMILES string of the molecule is C[C@@]1(O)c2cc(Cl)ccc2N(C(=O)c2ccc(NC(=O)c3cc(F)ccc3C(F)F)c(F)c2)CCC1(F)F. The van der Waals surface area contributed by atoms with Gasteiger partial charge in [-0.15, -0.1) is 0 Å². The van der Waals surface area contributed by atoms with Crippen LogP contribution < -0.4 is 10.2 Å². The van der Waals surface area contributed by atoms with Crippen LogP contribution in [-0.2, 0) is 5.60 Å². The molecule has 0 saturated heterocycles. The van der Waals surface area contributed by atoms with Crippen molar-refractivity contribution in [2.75, 3.05) is 16.8 Å². The average molecular weight is 557 g/mol. The number of alkyl halides is 4. The van der Waals surface area contributed by atoms with E-state index in [-0.39, 0.29) is 21.8 Å². The van der Waals surface area contributed by atoms with Crippen molar-refractivity contribution in [3.05, 3.63) is 93.5 Å². The summed E-state index contributed by atoms with van der Waals surface area (Å²) in [4.78, 5) is 26.7. The number of fused-ring (bicyclic) bond motifs is 1. The molecule has 1 aliphatic rings. The van der Waals surface area contributed by atoms with Gasteiger partial charge in [-0.2, -0.15) is 0 Å². The molecule has 5 nitrogen and oxygen atoms in total. The molecule has 38 heavy (non-hydrogen) atoms. The number of carbonyl (C=O) groups excluding carboxylic acids is 2. The van der Waals surface area contributed by atoms with Crippen LogP contribution in [0.25, 0.3) is 0 Å². The Labute approximate surface area is 217 Å². The van der Waals surface area contributed by atoms with Gasteiger partial charge in [0.1, 0.15) is 11.6 Å². The van der Waals surface area contributed by atoms with Gasteiger partial charge < -0.3 is 15.3 Å². The summed E-state index contributed by atoms with van der Waals surface area (Å²) in [7, 11) is 0. The third-order valence-corrected chi connectivity index (χ3v) is 6.58. The molecule has 12 heteroatoms. The number of amides is 2. The summed E-state index contributed by atoms with van der Waals surface area (Å²) in [6.07, 6.45) is -4.00. The number of nitrogens with zero attached hydrogens (tertiary/aromatic N) is 1. The summed E-state index contributed by atoms with van der Waals surface area (Å²) >= 11 is 5.95. The minimum Gasteiger partial charge on any atom is -0.379 e. The molecular formula is C26H19ClF6N2O3. The highest BCUT2D eigenvalue weighted by molar-refractivity contribution is 6.30. The maximum absolute atomic E-state index is 14.9. The van der Waals surface area contributed by atoms with Crippen LogP contribution in [0, 0.1) is 11.6 Å². The number of halogens is 7. The number of hydrogen-bond acceptors (Lipinski definition) is 3. The average Bonchev–Trinajstić information content (AvgIpc) is 2.92. The maximum Gasteiger partial charge on any atom is 0.281 e. The largest absolute Gasteiger partial charge is 0.379 e. The molecule has 0 unspecified atom stereocenters. The van der Waals surface area contributed by atoms with E-state index in [0.29, 0.717) is 6.07 Å². The molecule has 3 aromatic rings. The Bertz CT molecular complexity index is 1430. The van der Waals surface area contributed by atoms with Crippen molar-refractivity contribution in [1.82, 2.24) is 0 Å². The second-order valence-corrected chi connectivity index (χ2v) is 9.26. The lowest BCUT2D eigenvalue weighted by atomic mass is 9.87. The number of aliphatic hydroxyl groups is 1. The summed E-state index contributed by atoms with van der Waals surface area (Å²) in [6.45, 7) is 0.387. The molecule has 4 rings (SSSR count). The van der Waals surface area contributed by atoms with E-state index in [4.69, 9.17) is 11.6 Å². The van der Waals surface area contributed by atoms with Gasteiger partial charge in [0.25, 0.3) is 24.2 Å². The van der Waals surface area contributed by atoms with Crippen molar-refractivity contribution >= 4 is 34.8 Å². The fourth-order valence-corrected chi connectivity index (χ4v) is 4.34. The standard InChI is InChI=1S/C26H19ClF6N2O3/c1-25(38)18-11-14(27)3-7-21(18)35(9-8-26(25,32)33)24(37)13-2-6-20(19(29)10-13)34-23(36)17-12-15(28)4-5-16(17)22(30)31/h2-7,10-12,22,38H,8-9H2,1H3,(H,34,36)/t25-/m1/s1. The molecular weight excluding hydrogens is 538 g/mol. The Hall–Kier alpha value is -3.57. The Kier molecular flexibility index (Phi) is 7.19. The predicted octanol–water partition coefficient (Wildman–Crippen LogP) is 6.70. The highest BCUT2D eigenvalue weighted by atomic mass is 35.5. The van der Waals surface area contributed by atoms with E-state index < -0.39 is 71.2 Å². The van der Waals surface area contributed by atoms with Gasteiger partial charge >= 0.3 is 0 Å². The lowest BCUT2D eigenvalue weighted by molar-refractivity contribution is -0.177. The van der Waals surface area contributed by atoms with Crippen LogP contribution >= 0.6 is 11.6 Å². The Balaban J connectivity index is 1.65. The summed E-state index contributed by atoms with van der Waals surface area (Å²) < 4.78 is 84.4. The molecule has 0 saturated carbocycles. The predicted molar refractivity (Wildman–Crippen MR) is 128 cm³/mol. The van der Waals surface area contributed by atoms with Gasteiger partial charge in [-0.1, -0.05) is 11.6 Å². The molecule has 0 spiro atoms. The van der Waals surface area contributed by atoms with E-state index >= 15 is 0 Å². The van der Waals surface area contributed by atoms with Crippen molar-refractivity contribution in [2.24, 2.45) is 0 Å². The van der Waals surface area contributed by atoms with E-state index in [9.17, 15) is 41.0 Å². The minimum atomic E-state index is -3.63. The summed E-state index contributed by atoms with van der Waals surface area (Å²) in [6, 6.07) is 8.63. The first-order chi connectivity index (χ1) is 17.7. The van der Waals surface area contributed by atoms with Gasteiger partial charge in [0.05, 0.1) is 16.9 Å². The highest BCUT2D eigenvalue weighted by Crippen LogP contribution is 2.47. The Morgan fingerprint density at radius 1 is 1.05 bits per heavy atom. The van der Waals surface area contributed by atoms with Gasteiger partial charge in [0.15, 0.2) is 5.60 Å². The first-order valence-corrected chi connectivity index (χ1v) is 11.5. The topological polar surface area (TPSA) is 69.6 Å². The number of anilines is 2. The van der Waals surface area contributed by atoms with Crippen molar-refractivity contribution in [3.63, 3.8) is 0 Å². The zero-order chi connectivity index (χ0) is 28.0. The molecule has 0 radical (unpaired) electrons. The Morgan fingerprint density at radius 3 is 2.42 bits per heavy atom. The zero-order valence-corrected chi connectivity index (χ0v) is 20.3. The van der Waals surface area contributed by atoms with Crippen LogP contribution in [0.4, 0.5) is 37.7 Å². The fraction of sp³-hybridized carbons (Fsp3) is 0.231. The van der Waals surface area contributed by atoms with Gasteiger partial charge in [-0.05, 0) is 61.5 Å². The molecule has 2 amide bonds. The molecule has 0 bridgehead atoms. The van der Waals surface area contributed by atoms with E-state index in [1.807, 2.05) is 0 Å². The second-order valence-electron chi connectivity index (χ2n) is 8.83. The highest BCUT2D eigenvalue weighted by Gasteiger charge is 2.53. The monoisotopic (exact) mass is 556 g/mol. The first kappa shape index (κ1) is 27.5. The van der Waals surface area contributed by atoms with Crippen molar-refractivity contribution in [1.29, 1.82) is 0 Å². The third-order valence-electron chi connectivity index (χ3n) is 6.34. The summed E-state index contributed by atoms with van der Waals surface area (Å²) in [5.74, 6) is -7.81. The van der Waals surface area contributed by atoms with Crippen LogP contribution in [0.5, 0.6) is 0 Å². The normalized spacial score (nSPS) is 18.6. The summed E-state index contributed by atoms with van der Waals surface area (Å²) in [5.41, 5.74) is -5.25. The number of hydrogen-bond donors (Lipinski definition) is 2. The molecule has 0 aromatic heterocycles. The van der Waals surface area contributed by atoms with Crippen LogP contribution in [0.3, 0.4) is 0 Å². The lowest BCUT2D eigenvalue weighted by Gasteiger charge is -2.32. The van der Waals surface area contributed by atoms with E-state index in [1.54, 1.807) is 0 Å². The van der Waals surface area contributed by atoms with Crippen molar-refractivity contribution in [3.8, 4) is 0 Å². The molecule has 1 atom stereocenters. The van der Waals surface area contributed by atoms with Gasteiger partial charge in [0.2, 0.25) is 0 Å². The maximum atomic E-state index is 14.9. The molecule has 2 N–H and O–H groups in total. The minimum absolute atomic E-state index is 0.0496. The van der Waals surface area contributed by atoms with Gasteiger partial charge in [-0.3, -0.25) is 9.59 Å². The molecule has 0 fully saturated rings. The molecule has 1 aliphatic heterocycles. The number of rotatable bonds is 4. The fourth-order valence-electron chi connectivity index (χ4n) is 4.17. The molecule has 0 aliphatic carbocycles. The lowest BCUT2D eigenvalue weighted by Crippen LogP contribution is -2.42. The summed E-state index contributed by atoms with van der Waals surface area (Å²) in [5, 5.41) is 12.8. The van der Waals surface area contributed by atoms with Crippen LogP contribution in [-0.4, -0.2) is 29.4 Å². The zero-order valence-electron chi connectivity index (χ0n) is 19.5. The van der Waals surface area contributed by atoms with Gasteiger partial charge in [0, 0.05) is 34.7 Å². The first-order valence-electron chi connectivity index (χ1n) is 11.1. The quantitative estimate of drug-likeness (QED) is 0.351. The molecule has 200 valence electrons. The van der Waals surface area contributed by atoms with Crippen LogP contribution in [0.1, 0.15) is 51.6 Å².